The number of aromatic nitrogens is 5. The molecule has 0 radical (unpaired) electrons. The first-order valence-electron chi connectivity index (χ1n) is 8.43. The summed E-state index contributed by atoms with van der Waals surface area (Å²) in [5, 5.41) is 12.4. The molecular weight excluding hydrogens is 323 g/mol. The molecular formula is C17H19FN6O. The van der Waals surface area contributed by atoms with Crippen LogP contribution in [0.5, 0.6) is 0 Å². The quantitative estimate of drug-likeness (QED) is 0.709. The van der Waals surface area contributed by atoms with E-state index in [4.69, 9.17) is 4.42 Å². The molecule has 3 heterocycles. The van der Waals surface area contributed by atoms with Gasteiger partial charge in [-0.3, -0.25) is 9.58 Å². The second kappa shape index (κ2) is 7.10. The largest absolute Gasteiger partial charge is 0.419 e. The van der Waals surface area contributed by atoms with Gasteiger partial charge in [0.05, 0.1) is 13.1 Å². The molecule has 8 heteroatoms. The molecule has 0 unspecified atom stereocenters. The van der Waals surface area contributed by atoms with E-state index in [2.05, 4.69) is 25.2 Å². The van der Waals surface area contributed by atoms with Crippen molar-refractivity contribution in [1.82, 2.24) is 29.9 Å². The summed E-state index contributed by atoms with van der Waals surface area (Å²) in [5.74, 6) is 0.706. The Morgan fingerprint density at radius 3 is 2.84 bits per heavy atom. The molecule has 0 bridgehead atoms. The number of benzene rings is 1. The van der Waals surface area contributed by atoms with Gasteiger partial charge < -0.3 is 4.42 Å². The predicted octanol–water partition coefficient (Wildman–Crippen LogP) is 2.52. The summed E-state index contributed by atoms with van der Waals surface area (Å²) in [4.78, 5) is 6.36. The van der Waals surface area contributed by atoms with Crippen molar-refractivity contribution >= 4 is 0 Å². The fraction of sp³-hybridized carbons (Fsp3) is 0.412. The van der Waals surface area contributed by atoms with E-state index in [1.54, 1.807) is 24.8 Å². The van der Waals surface area contributed by atoms with Crippen LogP contribution in [-0.4, -0.2) is 42.4 Å². The van der Waals surface area contributed by atoms with Crippen LogP contribution in [0.4, 0.5) is 4.39 Å². The van der Waals surface area contributed by atoms with E-state index in [0.29, 0.717) is 24.4 Å². The number of hydrogen-bond acceptors (Lipinski definition) is 6. The van der Waals surface area contributed by atoms with Gasteiger partial charge in [-0.1, -0.05) is 6.42 Å². The van der Waals surface area contributed by atoms with Crippen molar-refractivity contribution in [3.8, 4) is 11.5 Å². The molecule has 1 atom stereocenters. The molecule has 2 aromatic heterocycles. The number of halogens is 1. The van der Waals surface area contributed by atoms with E-state index in [1.165, 1.54) is 18.6 Å². The molecule has 1 aromatic carbocycles. The summed E-state index contributed by atoms with van der Waals surface area (Å²) in [7, 11) is 0. The Morgan fingerprint density at radius 1 is 1.16 bits per heavy atom. The molecule has 1 aliphatic heterocycles. The van der Waals surface area contributed by atoms with Crippen molar-refractivity contribution in [3.05, 3.63) is 48.6 Å². The maximum atomic E-state index is 13.0. The molecule has 1 saturated heterocycles. The highest BCUT2D eigenvalue weighted by atomic mass is 19.1. The predicted molar refractivity (Wildman–Crippen MR) is 87.8 cm³/mol. The third-order valence-electron chi connectivity index (χ3n) is 4.51. The standard InChI is InChI=1S/C17H19FN6O/c18-14-6-4-13(5-7-14)17-22-21-16(25-17)10-23-8-2-1-3-15(23)9-24-12-19-11-20-24/h4-7,11-12,15H,1-3,8-10H2/t15-/m1/s1. The Bertz CT molecular complexity index is 801. The van der Waals surface area contributed by atoms with Crippen molar-refractivity contribution in [1.29, 1.82) is 0 Å². The van der Waals surface area contributed by atoms with E-state index in [0.717, 1.165) is 31.5 Å². The summed E-state index contributed by atoms with van der Waals surface area (Å²) < 4.78 is 20.7. The minimum atomic E-state index is -0.284. The first-order valence-corrected chi connectivity index (χ1v) is 8.43. The van der Waals surface area contributed by atoms with Gasteiger partial charge in [0.15, 0.2) is 0 Å². The summed E-state index contributed by atoms with van der Waals surface area (Å²) in [6.45, 7) is 2.40. The highest BCUT2D eigenvalue weighted by Gasteiger charge is 2.25. The molecule has 0 N–H and O–H groups in total. The minimum absolute atomic E-state index is 0.284. The number of rotatable bonds is 5. The van der Waals surface area contributed by atoms with E-state index in [1.807, 2.05) is 4.68 Å². The fourth-order valence-corrected chi connectivity index (χ4v) is 3.22. The number of likely N-dealkylation sites (tertiary alicyclic amines) is 1. The van der Waals surface area contributed by atoms with Gasteiger partial charge in [0.25, 0.3) is 0 Å². The number of piperidine rings is 1. The van der Waals surface area contributed by atoms with Gasteiger partial charge in [-0.2, -0.15) is 5.10 Å². The average molecular weight is 342 g/mol. The van der Waals surface area contributed by atoms with Crippen LogP contribution >= 0.6 is 0 Å². The molecule has 0 aliphatic carbocycles. The highest BCUT2D eigenvalue weighted by Crippen LogP contribution is 2.23. The molecule has 3 aromatic rings. The Morgan fingerprint density at radius 2 is 2.04 bits per heavy atom. The lowest BCUT2D eigenvalue weighted by Crippen LogP contribution is -2.41. The van der Waals surface area contributed by atoms with Gasteiger partial charge in [-0.25, -0.2) is 9.37 Å². The smallest absolute Gasteiger partial charge is 0.247 e. The van der Waals surface area contributed by atoms with Crippen molar-refractivity contribution in [2.24, 2.45) is 0 Å². The fourth-order valence-electron chi connectivity index (χ4n) is 3.22. The maximum absolute atomic E-state index is 13.0. The van der Waals surface area contributed by atoms with Crippen LogP contribution < -0.4 is 0 Å². The van der Waals surface area contributed by atoms with E-state index >= 15 is 0 Å². The van der Waals surface area contributed by atoms with Crippen molar-refractivity contribution in [2.45, 2.75) is 38.4 Å². The van der Waals surface area contributed by atoms with Gasteiger partial charge in [0, 0.05) is 11.6 Å². The molecule has 0 amide bonds. The van der Waals surface area contributed by atoms with Gasteiger partial charge in [-0.15, -0.1) is 10.2 Å². The van der Waals surface area contributed by atoms with Crippen molar-refractivity contribution in [2.75, 3.05) is 6.54 Å². The normalized spacial score (nSPS) is 18.5. The van der Waals surface area contributed by atoms with Crippen molar-refractivity contribution < 1.29 is 8.81 Å². The van der Waals surface area contributed by atoms with Gasteiger partial charge >= 0.3 is 0 Å². The van der Waals surface area contributed by atoms with Gasteiger partial charge in [-0.05, 0) is 43.7 Å². The third kappa shape index (κ3) is 3.74. The zero-order valence-corrected chi connectivity index (χ0v) is 13.8. The minimum Gasteiger partial charge on any atom is -0.419 e. The number of nitrogens with zero attached hydrogens (tertiary/aromatic N) is 6. The molecule has 7 nitrogen and oxygen atoms in total. The lowest BCUT2D eigenvalue weighted by atomic mass is 10.0. The van der Waals surface area contributed by atoms with Crippen LogP contribution in [0.3, 0.4) is 0 Å². The molecule has 1 fully saturated rings. The third-order valence-corrected chi connectivity index (χ3v) is 4.51. The summed E-state index contributed by atoms with van der Waals surface area (Å²) in [6.07, 6.45) is 6.78. The van der Waals surface area contributed by atoms with Crippen LogP contribution in [0.2, 0.25) is 0 Å². The first-order chi connectivity index (χ1) is 12.3. The summed E-state index contributed by atoms with van der Waals surface area (Å²) in [6, 6.07) is 6.43. The monoisotopic (exact) mass is 342 g/mol. The second-order valence-corrected chi connectivity index (χ2v) is 6.25. The SMILES string of the molecule is Fc1ccc(-c2nnc(CN3CCCC[C@@H]3Cn3cncn3)o2)cc1. The lowest BCUT2D eigenvalue weighted by molar-refractivity contribution is 0.111. The van der Waals surface area contributed by atoms with E-state index in [-0.39, 0.29) is 5.82 Å². The Hall–Kier alpha value is -2.61. The van der Waals surface area contributed by atoms with Crippen LogP contribution in [0, 0.1) is 5.82 Å². The molecule has 25 heavy (non-hydrogen) atoms. The average Bonchev–Trinajstić information content (AvgIpc) is 3.29. The van der Waals surface area contributed by atoms with Crippen molar-refractivity contribution in [3.63, 3.8) is 0 Å². The molecule has 0 saturated carbocycles. The highest BCUT2D eigenvalue weighted by molar-refractivity contribution is 5.51. The lowest BCUT2D eigenvalue weighted by Gasteiger charge is -2.34. The van der Waals surface area contributed by atoms with Gasteiger partial charge in [0.2, 0.25) is 11.8 Å². The topological polar surface area (TPSA) is 72.9 Å². The van der Waals surface area contributed by atoms with Crippen LogP contribution in [0.25, 0.3) is 11.5 Å². The maximum Gasteiger partial charge on any atom is 0.247 e. The number of hydrogen-bond donors (Lipinski definition) is 0. The molecule has 4 rings (SSSR count). The van der Waals surface area contributed by atoms with Gasteiger partial charge in [0.1, 0.15) is 18.5 Å². The zero-order chi connectivity index (χ0) is 17.1. The van der Waals surface area contributed by atoms with E-state index < -0.39 is 0 Å². The van der Waals surface area contributed by atoms with Crippen LogP contribution in [0.15, 0.2) is 41.3 Å². The molecule has 1 aliphatic rings. The molecule has 0 spiro atoms. The van der Waals surface area contributed by atoms with Crippen LogP contribution in [0.1, 0.15) is 25.2 Å². The molecule has 130 valence electrons. The van der Waals surface area contributed by atoms with E-state index in [9.17, 15) is 4.39 Å². The Labute approximate surface area is 144 Å². The Kier molecular flexibility index (Phi) is 4.51. The summed E-state index contributed by atoms with van der Waals surface area (Å²) in [5.41, 5.74) is 0.720. The first kappa shape index (κ1) is 15.9. The summed E-state index contributed by atoms with van der Waals surface area (Å²) >= 11 is 0. The second-order valence-electron chi connectivity index (χ2n) is 6.25. The zero-order valence-electron chi connectivity index (χ0n) is 13.8. The van der Waals surface area contributed by atoms with Crippen LogP contribution in [-0.2, 0) is 13.1 Å². The Balaban J connectivity index is 1.45.